The number of carbonyl (C=O) groups is 1. The lowest BCUT2D eigenvalue weighted by Crippen LogP contribution is -2.34. The first kappa shape index (κ1) is 16.5. The van der Waals surface area contributed by atoms with Crippen LogP contribution in [0.4, 0.5) is 18.9 Å². The van der Waals surface area contributed by atoms with Crippen LogP contribution in [0.15, 0.2) is 54.6 Å². The first-order valence-electron chi connectivity index (χ1n) is 7.72. The van der Waals surface area contributed by atoms with Gasteiger partial charge in [0.15, 0.2) is 0 Å². The number of rotatable bonds is 5. The van der Waals surface area contributed by atoms with Crippen LogP contribution in [0.3, 0.4) is 0 Å². The number of hydrogen-bond donors (Lipinski definition) is 2. The minimum Gasteiger partial charge on any atom is -0.324 e. The molecule has 1 atom stereocenters. The van der Waals surface area contributed by atoms with Gasteiger partial charge in [0.05, 0.1) is 5.56 Å². The topological polar surface area (TPSA) is 41.1 Å². The fourth-order valence-electron chi connectivity index (χ4n) is 2.44. The molecule has 0 heterocycles. The molecule has 3 nitrogen and oxygen atoms in total. The Hall–Kier alpha value is -2.34. The standard InChI is InChI=1S/C18H17F3N2O/c19-18(20,21)13-7-4-8-15(11-13)23-17(24)16(22-14-9-10-14)12-5-2-1-3-6-12/h1-8,11,14,16,22H,9-10H2,(H,23,24)/t16-/m1/s1. The minimum absolute atomic E-state index is 0.133. The normalized spacial score (nSPS) is 15.8. The van der Waals surface area contributed by atoms with E-state index in [0.29, 0.717) is 0 Å². The summed E-state index contributed by atoms with van der Waals surface area (Å²) in [5.74, 6) is -0.368. The number of alkyl halides is 3. The van der Waals surface area contributed by atoms with Crippen molar-refractivity contribution in [3.8, 4) is 0 Å². The zero-order valence-corrected chi connectivity index (χ0v) is 12.8. The second kappa shape index (κ2) is 6.65. The molecule has 0 spiro atoms. The molecule has 1 aliphatic carbocycles. The van der Waals surface area contributed by atoms with Crippen LogP contribution in [-0.2, 0) is 11.0 Å². The lowest BCUT2D eigenvalue weighted by molar-refractivity contribution is -0.137. The molecule has 0 aromatic heterocycles. The molecule has 1 amide bonds. The number of halogens is 3. The van der Waals surface area contributed by atoms with Gasteiger partial charge >= 0.3 is 6.18 Å². The first-order valence-corrected chi connectivity index (χ1v) is 7.72. The smallest absolute Gasteiger partial charge is 0.324 e. The second-order valence-electron chi connectivity index (χ2n) is 5.85. The Labute approximate surface area is 137 Å². The van der Waals surface area contributed by atoms with Crippen molar-refractivity contribution < 1.29 is 18.0 Å². The van der Waals surface area contributed by atoms with Crippen LogP contribution >= 0.6 is 0 Å². The third kappa shape index (κ3) is 4.14. The Bertz CT molecular complexity index is 712. The van der Waals surface area contributed by atoms with Crippen molar-refractivity contribution in [1.29, 1.82) is 0 Å². The van der Waals surface area contributed by atoms with Gasteiger partial charge in [-0.3, -0.25) is 10.1 Å². The average molecular weight is 334 g/mol. The SMILES string of the molecule is O=C(Nc1cccc(C(F)(F)F)c1)[C@H](NC1CC1)c1ccccc1. The van der Waals surface area contributed by atoms with Gasteiger partial charge in [-0.1, -0.05) is 36.4 Å². The molecule has 0 aliphatic heterocycles. The van der Waals surface area contributed by atoms with Gasteiger partial charge in [-0.15, -0.1) is 0 Å². The third-order valence-corrected chi connectivity index (χ3v) is 3.83. The predicted octanol–water partition coefficient (Wildman–Crippen LogP) is 4.14. The molecular formula is C18H17F3N2O. The second-order valence-corrected chi connectivity index (χ2v) is 5.85. The monoisotopic (exact) mass is 334 g/mol. The molecule has 2 N–H and O–H groups in total. The highest BCUT2D eigenvalue weighted by molar-refractivity contribution is 5.95. The first-order chi connectivity index (χ1) is 11.4. The Kier molecular flexibility index (Phi) is 4.57. The highest BCUT2D eigenvalue weighted by Crippen LogP contribution is 2.31. The molecule has 1 saturated carbocycles. The average Bonchev–Trinajstić information content (AvgIpc) is 3.37. The van der Waals surface area contributed by atoms with Crippen LogP contribution in [0.2, 0.25) is 0 Å². The van der Waals surface area contributed by atoms with Gasteiger partial charge in [-0.05, 0) is 36.6 Å². The van der Waals surface area contributed by atoms with E-state index in [-0.39, 0.29) is 17.6 Å². The van der Waals surface area contributed by atoms with E-state index in [1.165, 1.54) is 12.1 Å². The van der Waals surface area contributed by atoms with Gasteiger partial charge < -0.3 is 5.32 Å². The maximum absolute atomic E-state index is 12.8. The molecule has 3 rings (SSSR count). The van der Waals surface area contributed by atoms with Gasteiger partial charge in [0.1, 0.15) is 6.04 Å². The highest BCUT2D eigenvalue weighted by Gasteiger charge is 2.32. The Balaban J connectivity index is 1.78. The summed E-state index contributed by atoms with van der Waals surface area (Å²) in [5, 5.41) is 5.82. The lowest BCUT2D eigenvalue weighted by Gasteiger charge is -2.19. The van der Waals surface area contributed by atoms with E-state index in [4.69, 9.17) is 0 Å². The van der Waals surface area contributed by atoms with Crippen LogP contribution in [0.25, 0.3) is 0 Å². The molecule has 6 heteroatoms. The van der Waals surface area contributed by atoms with E-state index in [1.807, 2.05) is 30.3 Å². The van der Waals surface area contributed by atoms with Gasteiger partial charge in [0, 0.05) is 11.7 Å². The van der Waals surface area contributed by atoms with E-state index in [1.54, 1.807) is 0 Å². The minimum atomic E-state index is -4.44. The van der Waals surface area contributed by atoms with Gasteiger partial charge in [0.2, 0.25) is 5.91 Å². The summed E-state index contributed by atoms with van der Waals surface area (Å²) in [7, 11) is 0. The maximum Gasteiger partial charge on any atom is 0.416 e. The Morgan fingerprint density at radius 3 is 2.38 bits per heavy atom. The van der Waals surface area contributed by atoms with Crippen molar-refractivity contribution in [2.45, 2.75) is 31.1 Å². The summed E-state index contributed by atoms with van der Waals surface area (Å²) in [6, 6.07) is 13.5. The highest BCUT2D eigenvalue weighted by atomic mass is 19.4. The van der Waals surface area contributed by atoms with Crippen molar-refractivity contribution in [2.75, 3.05) is 5.32 Å². The van der Waals surface area contributed by atoms with Crippen molar-refractivity contribution in [1.82, 2.24) is 5.32 Å². The third-order valence-electron chi connectivity index (χ3n) is 3.83. The fraction of sp³-hybridized carbons (Fsp3) is 0.278. The number of benzene rings is 2. The molecule has 2 aromatic rings. The van der Waals surface area contributed by atoms with Crippen molar-refractivity contribution in [3.05, 3.63) is 65.7 Å². The lowest BCUT2D eigenvalue weighted by atomic mass is 10.1. The molecule has 0 radical (unpaired) electrons. The van der Waals surface area contributed by atoms with Crippen LogP contribution in [0, 0.1) is 0 Å². The van der Waals surface area contributed by atoms with Crippen molar-refractivity contribution in [2.24, 2.45) is 0 Å². The quantitative estimate of drug-likeness (QED) is 0.863. The summed E-state index contributed by atoms with van der Waals surface area (Å²) in [4.78, 5) is 12.6. The van der Waals surface area contributed by atoms with Crippen LogP contribution in [0.5, 0.6) is 0 Å². The summed E-state index contributed by atoms with van der Waals surface area (Å²) >= 11 is 0. The molecule has 24 heavy (non-hydrogen) atoms. The number of amides is 1. The predicted molar refractivity (Wildman–Crippen MR) is 85.4 cm³/mol. The van der Waals surface area contributed by atoms with Crippen molar-refractivity contribution >= 4 is 11.6 Å². The zero-order valence-electron chi connectivity index (χ0n) is 12.8. The maximum atomic E-state index is 12.8. The van der Waals surface area contributed by atoms with Gasteiger partial charge in [-0.2, -0.15) is 13.2 Å². The molecule has 126 valence electrons. The summed E-state index contributed by atoms with van der Waals surface area (Å²) in [5.41, 5.74) is 0.133. The van der Waals surface area contributed by atoms with Crippen LogP contribution in [0.1, 0.15) is 30.0 Å². The molecule has 0 saturated heterocycles. The molecule has 2 aromatic carbocycles. The molecule has 0 unspecified atom stereocenters. The summed E-state index contributed by atoms with van der Waals surface area (Å²) in [6.07, 6.45) is -2.44. The van der Waals surface area contributed by atoms with Crippen LogP contribution < -0.4 is 10.6 Å². The van der Waals surface area contributed by atoms with Crippen molar-refractivity contribution in [3.63, 3.8) is 0 Å². The zero-order chi connectivity index (χ0) is 17.2. The molecule has 0 bridgehead atoms. The van der Waals surface area contributed by atoms with E-state index in [0.717, 1.165) is 30.5 Å². The van der Waals surface area contributed by atoms with E-state index in [9.17, 15) is 18.0 Å². The van der Waals surface area contributed by atoms with Gasteiger partial charge in [-0.25, -0.2) is 0 Å². The summed E-state index contributed by atoms with van der Waals surface area (Å²) in [6.45, 7) is 0. The van der Waals surface area contributed by atoms with Gasteiger partial charge in [0.25, 0.3) is 0 Å². The number of hydrogen-bond acceptors (Lipinski definition) is 2. The van der Waals surface area contributed by atoms with E-state index in [2.05, 4.69) is 10.6 Å². The number of carbonyl (C=O) groups excluding carboxylic acids is 1. The largest absolute Gasteiger partial charge is 0.416 e. The van der Waals surface area contributed by atoms with E-state index >= 15 is 0 Å². The molecule has 1 aliphatic rings. The molecular weight excluding hydrogens is 317 g/mol. The number of anilines is 1. The number of nitrogens with one attached hydrogen (secondary N) is 2. The summed E-state index contributed by atoms with van der Waals surface area (Å²) < 4.78 is 38.4. The van der Waals surface area contributed by atoms with E-state index < -0.39 is 17.8 Å². The van der Waals surface area contributed by atoms with Crippen LogP contribution in [-0.4, -0.2) is 11.9 Å². The fourth-order valence-corrected chi connectivity index (χ4v) is 2.44. The molecule has 1 fully saturated rings. The Morgan fingerprint density at radius 1 is 1.04 bits per heavy atom. The Morgan fingerprint density at radius 2 is 1.75 bits per heavy atom.